The average molecular weight is 418 g/mol. The number of rotatable bonds is 6. The van der Waals surface area contributed by atoms with Crippen LogP contribution in [0, 0.1) is 0 Å². The van der Waals surface area contributed by atoms with E-state index in [0.717, 1.165) is 0 Å². The third kappa shape index (κ3) is 5.23. The van der Waals surface area contributed by atoms with Crippen LogP contribution in [-0.2, 0) is 14.4 Å². The summed E-state index contributed by atoms with van der Waals surface area (Å²) in [5.74, 6) is -2.22. The molecule has 3 rings (SSSR count). The molecule has 1 aliphatic rings. The van der Waals surface area contributed by atoms with Crippen molar-refractivity contribution in [3.63, 3.8) is 0 Å². The van der Waals surface area contributed by atoms with E-state index < -0.39 is 24.4 Å². The Bertz CT molecular complexity index is 976. The monoisotopic (exact) mass is 417 g/mol. The number of amides is 2. The standard InChI is InChI=1S/C19H16ClN3O6/c20-12-3-6-15-14(7-12)23(10-18(27)29-15)9-16(24)22-13-4-1-11(2-5-13)19(28)21-8-17(25)26/h1-7H,8-10H2,(H,21,28)(H,22,24)(H,25,26). The minimum absolute atomic E-state index is 0.0938. The van der Waals surface area contributed by atoms with Crippen LogP contribution in [0.2, 0.25) is 5.02 Å². The molecule has 2 amide bonds. The number of esters is 1. The van der Waals surface area contributed by atoms with Gasteiger partial charge in [0.2, 0.25) is 5.91 Å². The number of nitrogens with zero attached hydrogens (tertiary/aromatic N) is 1. The second-order valence-electron chi connectivity index (χ2n) is 6.14. The van der Waals surface area contributed by atoms with E-state index >= 15 is 0 Å². The number of carboxylic acids is 1. The normalized spacial score (nSPS) is 12.6. The zero-order valence-electron chi connectivity index (χ0n) is 15.0. The predicted octanol–water partition coefficient (Wildman–Crippen LogP) is 1.52. The molecule has 2 aromatic carbocycles. The molecule has 0 unspecified atom stereocenters. The molecule has 1 heterocycles. The van der Waals surface area contributed by atoms with Crippen LogP contribution in [0.4, 0.5) is 11.4 Å². The first kappa shape index (κ1) is 20.2. The number of aliphatic carboxylic acids is 1. The molecule has 0 saturated heterocycles. The quantitative estimate of drug-likeness (QED) is 0.480. The third-order valence-corrected chi connectivity index (χ3v) is 4.21. The summed E-state index contributed by atoms with van der Waals surface area (Å²) < 4.78 is 5.14. The van der Waals surface area contributed by atoms with Gasteiger partial charge in [0.05, 0.1) is 12.2 Å². The number of nitrogens with one attached hydrogen (secondary N) is 2. The van der Waals surface area contributed by atoms with E-state index in [1.165, 1.54) is 24.3 Å². The first-order valence-electron chi connectivity index (χ1n) is 8.47. The number of carbonyl (C=O) groups is 4. The summed E-state index contributed by atoms with van der Waals surface area (Å²) in [4.78, 5) is 48.0. The molecule has 150 valence electrons. The van der Waals surface area contributed by atoms with Crippen molar-refractivity contribution in [1.82, 2.24) is 5.32 Å². The molecule has 3 N–H and O–H groups in total. The average Bonchev–Trinajstić information content (AvgIpc) is 2.67. The lowest BCUT2D eigenvalue weighted by molar-refractivity contribution is -0.136. The van der Waals surface area contributed by atoms with Gasteiger partial charge in [0.25, 0.3) is 5.91 Å². The summed E-state index contributed by atoms with van der Waals surface area (Å²) in [6.07, 6.45) is 0. The highest BCUT2D eigenvalue weighted by atomic mass is 35.5. The van der Waals surface area contributed by atoms with E-state index in [2.05, 4.69) is 10.6 Å². The fourth-order valence-electron chi connectivity index (χ4n) is 2.70. The molecular weight excluding hydrogens is 402 g/mol. The first-order valence-corrected chi connectivity index (χ1v) is 8.84. The molecule has 9 nitrogen and oxygen atoms in total. The summed E-state index contributed by atoms with van der Waals surface area (Å²) in [5, 5.41) is 13.9. The van der Waals surface area contributed by atoms with Gasteiger partial charge in [-0.2, -0.15) is 0 Å². The molecule has 0 atom stereocenters. The van der Waals surface area contributed by atoms with Crippen LogP contribution in [0.3, 0.4) is 0 Å². The predicted molar refractivity (Wildman–Crippen MR) is 104 cm³/mol. The SMILES string of the molecule is O=C(O)CNC(=O)c1ccc(NC(=O)CN2CC(=O)Oc3ccc(Cl)cc32)cc1. The second kappa shape index (κ2) is 8.61. The Kier molecular flexibility index (Phi) is 5.99. The Morgan fingerprint density at radius 3 is 2.55 bits per heavy atom. The van der Waals surface area contributed by atoms with Crippen molar-refractivity contribution in [2.45, 2.75) is 0 Å². The number of carboxylic acid groups (broad SMARTS) is 1. The maximum atomic E-state index is 12.4. The largest absolute Gasteiger partial charge is 0.480 e. The number of fused-ring (bicyclic) bond motifs is 1. The maximum absolute atomic E-state index is 12.4. The molecule has 0 spiro atoms. The van der Waals surface area contributed by atoms with Gasteiger partial charge >= 0.3 is 11.9 Å². The van der Waals surface area contributed by atoms with Crippen molar-refractivity contribution in [2.24, 2.45) is 0 Å². The van der Waals surface area contributed by atoms with E-state index in [9.17, 15) is 19.2 Å². The zero-order valence-corrected chi connectivity index (χ0v) is 15.7. The van der Waals surface area contributed by atoms with Gasteiger partial charge in [0, 0.05) is 16.3 Å². The third-order valence-electron chi connectivity index (χ3n) is 3.97. The van der Waals surface area contributed by atoms with E-state index in [1.807, 2.05) is 0 Å². The van der Waals surface area contributed by atoms with E-state index in [-0.39, 0.29) is 24.6 Å². The fraction of sp³-hybridized carbons (Fsp3) is 0.158. The Balaban J connectivity index is 1.63. The van der Waals surface area contributed by atoms with E-state index in [1.54, 1.807) is 23.1 Å². The highest BCUT2D eigenvalue weighted by Gasteiger charge is 2.26. The molecule has 0 bridgehead atoms. The molecule has 0 saturated carbocycles. The van der Waals surface area contributed by atoms with Gasteiger partial charge in [-0.05, 0) is 42.5 Å². The summed E-state index contributed by atoms with van der Waals surface area (Å²) in [7, 11) is 0. The van der Waals surface area contributed by atoms with Gasteiger partial charge in [-0.25, -0.2) is 4.79 Å². The molecule has 0 fully saturated rings. The van der Waals surface area contributed by atoms with Crippen molar-refractivity contribution >= 4 is 46.7 Å². The Morgan fingerprint density at radius 2 is 1.86 bits per heavy atom. The number of benzene rings is 2. The Labute approximate surface area is 170 Å². The van der Waals surface area contributed by atoms with E-state index in [4.69, 9.17) is 21.4 Å². The molecule has 1 aliphatic heterocycles. The summed E-state index contributed by atoms with van der Waals surface area (Å²) in [6.45, 7) is -0.687. The fourth-order valence-corrected chi connectivity index (χ4v) is 2.86. The highest BCUT2D eigenvalue weighted by Crippen LogP contribution is 2.34. The van der Waals surface area contributed by atoms with Crippen LogP contribution in [0.25, 0.3) is 0 Å². The van der Waals surface area contributed by atoms with Crippen molar-refractivity contribution < 1.29 is 29.0 Å². The van der Waals surface area contributed by atoms with Crippen LogP contribution < -0.4 is 20.3 Å². The number of carbonyl (C=O) groups excluding carboxylic acids is 3. The Morgan fingerprint density at radius 1 is 1.14 bits per heavy atom. The molecular formula is C19H16ClN3O6. The smallest absolute Gasteiger partial charge is 0.331 e. The molecule has 10 heteroatoms. The Hall–Kier alpha value is -3.59. The van der Waals surface area contributed by atoms with Crippen LogP contribution in [0.15, 0.2) is 42.5 Å². The number of hydrogen-bond acceptors (Lipinski definition) is 6. The van der Waals surface area contributed by atoms with Gasteiger partial charge in [-0.1, -0.05) is 11.6 Å². The van der Waals surface area contributed by atoms with Gasteiger partial charge < -0.3 is 25.4 Å². The summed E-state index contributed by atoms with van der Waals surface area (Å²) in [5.41, 5.74) is 1.24. The molecule has 0 aromatic heterocycles. The van der Waals surface area contributed by atoms with Gasteiger partial charge in [-0.15, -0.1) is 0 Å². The van der Waals surface area contributed by atoms with Crippen LogP contribution in [0.5, 0.6) is 5.75 Å². The van der Waals surface area contributed by atoms with Crippen molar-refractivity contribution in [3.8, 4) is 5.75 Å². The van der Waals surface area contributed by atoms with Gasteiger partial charge in [-0.3, -0.25) is 14.4 Å². The topological polar surface area (TPSA) is 125 Å². The summed E-state index contributed by atoms with van der Waals surface area (Å²) >= 11 is 5.99. The van der Waals surface area contributed by atoms with Crippen molar-refractivity contribution in [3.05, 3.63) is 53.1 Å². The minimum atomic E-state index is -1.15. The van der Waals surface area contributed by atoms with Gasteiger partial charge in [0.1, 0.15) is 13.1 Å². The van der Waals surface area contributed by atoms with Crippen LogP contribution in [-0.4, -0.2) is 48.5 Å². The number of hydrogen-bond donors (Lipinski definition) is 3. The molecule has 0 radical (unpaired) electrons. The van der Waals surface area contributed by atoms with Gasteiger partial charge in [0.15, 0.2) is 5.75 Å². The van der Waals surface area contributed by atoms with Crippen LogP contribution >= 0.6 is 11.6 Å². The lowest BCUT2D eigenvalue weighted by atomic mass is 10.2. The van der Waals surface area contributed by atoms with Crippen molar-refractivity contribution in [2.75, 3.05) is 29.9 Å². The van der Waals surface area contributed by atoms with Crippen LogP contribution in [0.1, 0.15) is 10.4 Å². The minimum Gasteiger partial charge on any atom is -0.480 e. The number of anilines is 2. The van der Waals surface area contributed by atoms with E-state index in [0.29, 0.717) is 22.1 Å². The first-order chi connectivity index (χ1) is 13.8. The highest BCUT2D eigenvalue weighted by molar-refractivity contribution is 6.31. The summed E-state index contributed by atoms with van der Waals surface area (Å²) in [6, 6.07) is 10.7. The lowest BCUT2D eigenvalue weighted by Gasteiger charge is -2.29. The number of halogens is 1. The molecule has 29 heavy (non-hydrogen) atoms. The lowest BCUT2D eigenvalue weighted by Crippen LogP contribution is -2.41. The molecule has 2 aromatic rings. The second-order valence-corrected chi connectivity index (χ2v) is 6.58. The maximum Gasteiger partial charge on any atom is 0.331 e. The molecule has 0 aliphatic carbocycles. The zero-order chi connectivity index (χ0) is 21.0. The number of ether oxygens (including phenoxy) is 1. The van der Waals surface area contributed by atoms with Crippen molar-refractivity contribution in [1.29, 1.82) is 0 Å².